The molecule has 0 aliphatic carbocycles. The van der Waals surface area contributed by atoms with Crippen molar-refractivity contribution in [3.05, 3.63) is 45.5 Å². The lowest BCUT2D eigenvalue weighted by Gasteiger charge is -2.11. The molecular weight excluding hydrogens is 372 g/mol. The Kier molecular flexibility index (Phi) is 6.94. The van der Waals surface area contributed by atoms with E-state index in [1.54, 1.807) is 25.3 Å². The van der Waals surface area contributed by atoms with E-state index in [1.807, 2.05) is 0 Å². The second kappa shape index (κ2) is 8.69. The van der Waals surface area contributed by atoms with Gasteiger partial charge < -0.3 is 19.8 Å². The quantitative estimate of drug-likeness (QED) is 0.612. The van der Waals surface area contributed by atoms with Crippen LogP contribution in [0.1, 0.15) is 10.4 Å². The number of pyridine rings is 1. The highest BCUT2D eigenvalue weighted by molar-refractivity contribution is 9.10. The van der Waals surface area contributed by atoms with Crippen LogP contribution in [0.25, 0.3) is 11.1 Å². The third kappa shape index (κ3) is 4.39. The molecule has 1 aromatic carbocycles. The van der Waals surface area contributed by atoms with Gasteiger partial charge in [0.05, 0.1) is 24.3 Å². The first-order valence-corrected chi connectivity index (χ1v) is 6.85. The van der Waals surface area contributed by atoms with Crippen LogP contribution in [0, 0.1) is 4.91 Å². The smallest absolute Gasteiger partial charge is 0.337 e. The lowest BCUT2D eigenvalue weighted by molar-refractivity contribution is 0.0696. The fourth-order valence-corrected chi connectivity index (χ4v) is 2.38. The molecule has 1 heterocycles. The topological polar surface area (TPSA) is 118 Å². The van der Waals surface area contributed by atoms with Gasteiger partial charge in [-0.05, 0) is 33.6 Å². The summed E-state index contributed by atoms with van der Waals surface area (Å²) in [5.41, 5.74) is 1.36. The molecule has 8 nitrogen and oxygen atoms in total. The predicted octanol–water partition coefficient (Wildman–Crippen LogP) is 3.37. The molecule has 0 bridgehead atoms. The van der Waals surface area contributed by atoms with Gasteiger partial charge in [0.25, 0.3) is 0 Å². The summed E-state index contributed by atoms with van der Waals surface area (Å²) < 4.78 is 10.8. The molecule has 0 saturated heterocycles. The average molecular weight is 385 g/mol. The average Bonchev–Trinajstić information content (AvgIpc) is 2.54. The van der Waals surface area contributed by atoms with Crippen LogP contribution >= 0.6 is 15.9 Å². The Morgan fingerprint density at radius 1 is 1.22 bits per heavy atom. The molecule has 0 saturated carbocycles. The summed E-state index contributed by atoms with van der Waals surface area (Å²) in [5.74, 6) is 0.0847. The molecule has 23 heavy (non-hydrogen) atoms. The Morgan fingerprint density at radius 3 is 2.35 bits per heavy atom. The number of benzene rings is 1. The van der Waals surface area contributed by atoms with E-state index >= 15 is 0 Å². The van der Waals surface area contributed by atoms with Crippen LogP contribution in [-0.4, -0.2) is 35.5 Å². The molecular formula is C14H13BrN2O6. The Labute approximate surface area is 139 Å². The number of hydrogen-bond donors (Lipinski definition) is 2. The third-order valence-electron chi connectivity index (χ3n) is 2.81. The Balaban J connectivity index is 0.000000816. The number of aromatic carboxylic acids is 1. The first-order chi connectivity index (χ1) is 11.0. The Bertz CT molecular complexity index is 708. The zero-order chi connectivity index (χ0) is 17.4. The van der Waals surface area contributed by atoms with Crippen LogP contribution in [0.5, 0.6) is 11.5 Å². The number of carboxylic acids is 1. The monoisotopic (exact) mass is 384 g/mol. The van der Waals surface area contributed by atoms with E-state index in [2.05, 4.69) is 20.9 Å². The van der Waals surface area contributed by atoms with Crippen LogP contribution in [0.4, 0.5) is 0 Å². The van der Waals surface area contributed by atoms with Gasteiger partial charge in [0, 0.05) is 18.0 Å². The fourth-order valence-electron chi connectivity index (χ4n) is 1.87. The van der Waals surface area contributed by atoms with Gasteiger partial charge in [-0.15, -0.1) is 4.91 Å². The summed E-state index contributed by atoms with van der Waals surface area (Å²) in [6, 6.07) is 5.20. The van der Waals surface area contributed by atoms with Gasteiger partial charge in [0.1, 0.15) is 0 Å². The minimum atomic E-state index is -1.02. The molecule has 0 fully saturated rings. The highest BCUT2D eigenvalue weighted by Gasteiger charge is 2.17. The summed E-state index contributed by atoms with van der Waals surface area (Å²) in [7, 11) is 3.07. The van der Waals surface area contributed by atoms with Gasteiger partial charge in [-0.1, -0.05) is 6.07 Å². The summed E-state index contributed by atoms with van der Waals surface area (Å²) in [5, 5.41) is 17.2. The Morgan fingerprint density at radius 2 is 1.83 bits per heavy atom. The molecule has 9 heteroatoms. The molecule has 0 aliphatic rings. The first kappa shape index (κ1) is 18.4. The van der Waals surface area contributed by atoms with Gasteiger partial charge in [-0.25, -0.2) is 4.79 Å². The number of rotatable bonds is 4. The van der Waals surface area contributed by atoms with Crippen molar-refractivity contribution in [2.24, 2.45) is 5.34 Å². The number of methoxy groups -OCH3 is 2. The normalized spacial score (nSPS) is 9.35. The lowest BCUT2D eigenvalue weighted by atomic mass is 10.0. The minimum Gasteiger partial charge on any atom is -0.493 e. The molecule has 0 amide bonds. The SMILES string of the molecule is COc1ccc(-c2cncc(Br)c2C(=O)O)cc1OC.O=NO. The second-order valence-electron chi connectivity index (χ2n) is 4.00. The number of nitrogens with zero attached hydrogens (tertiary/aromatic N) is 2. The highest BCUT2D eigenvalue weighted by Crippen LogP contribution is 2.35. The summed E-state index contributed by atoms with van der Waals surface area (Å²) in [6.07, 6.45) is 2.96. The standard InChI is InChI=1S/C14H12BrNO4.HNO2/c1-19-11-4-3-8(5-12(11)20-2)9-6-16-7-10(15)13(9)14(17)18;2-1-3/h3-7H,1-2H3,(H,17,18);(H,2,3). The van der Waals surface area contributed by atoms with Crippen LogP contribution in [0.15, 0.2) is 40.4 Å². The second-order valence-corrected chi connectivity index (χ2v) is 4.85. The maximum atomic E-state index is 11.4. The van der Waals surface area contributed by atoms with Gasteiger partial charge in [0.15, 0.2) is 16.8 Å². The molecule has 2 rings (SSSR count). The molecule has 0 atom stereocenters. The number of ether oxygens (including phenoxy) is 2. The van der Waals surface area contributed by atoms with Crippen molar-refractivity contribution < 1.29 is 24.6 Å². The summed E-state index contributed by atoms with van der Waals surface area (Å²) in [6.45, 7) is 0. The number of hydrogen-bond acceptors (Lipinski definition) is 6. The van der Waals surface area contributed by atoms with Crippen LogP contribution in [-0.2, 0) is 0 Å². The molecule has 2 aromatic rings. The number of carbonyl (C=O) groups is 1. The molecule has 2 N–H and O–H groups in total. The first-order valence-electron chi connectivity index (χ1n) is 6.06. The zero-order valence-electron chi connectivity index (χ0n) is 12.2. The van der Waals surface area contributed by atoms with Crippen LogP contribution in [0.2, 0.25) is 0 Å². The maximum Gasteiger partial charge on any atom is 0.337 e. The molecule has 1 aromatic heterocycles. The van der Waals surface area contributed by atoms with E-state index in [1.165, 1.54) is 24.8 Å². The van der Waals surface area contributed by atoms with Crippen molar-refractivity contribution in [1.82, 2.24) is 4.98 Å². The number of halogens is 1. The highest BCUT2D eigenvalue weighted by atomic mass is 79.9. The van der Waals surface area contributed by atoms with E-state index in [-0.39, 0.29) is 5.56 Å². The van der Waals surface area contributed by atoms with E-state index in [4.69, 9.17) is 19.6 Å². The van der Waals surface area contributed by atoms with Crippen molar-refractivity contribution in [2.75, 3.05) is 14.2 Å². The van der Waals surface area contributed by atoms with E-state index in [0.717, 1.165) is 0 Å². The molecule has 0 spiro atoms. The van der Waals surface area contributed by atoms with Crippen molar-refractivity contribution in [3.8, 4) is 22.6 Å². The number of aromatic nitrogens is 1. The molecule has 122 valence electrons. The van der Waals surface area contributed by atoms with E-state index in [9.17, 15) is 9.90 Å². The number of carboxylic acid groups (broad SMARTS) is 1. The Hall–Kier alpha value is -2.68. The van der Waals surface area contributed by atoms with Crippen molar-refractivity contribution >= 4 is 21.9 Å². The minimum absolute atomic E-state index is 0.159. The fraction of sp³-hybridized carbons (Fsp3) is 0.143. The zero-order valence-corrected chi connectivity index (χ0v) is 13.8. The van der Waals surface area contributed by atoms with Crippen molar-refractivity contribution in [1.29, 1.82) is 0 Å². The molecule has 0 unspecified atom stereocenters. The lowest BCUT2D eigenvalue weighted by Crippen LogP contribution is -2.02. The third-order valence-corrected chi connectivity index (χ3v) is 3.41. The summed E-state index contributed by atoms with van der Waals surface area (Å²) >= 11 is 3.21. The van der Waals surface area contributed by atoms with Crippen LogP contribution in [0.3, 0.4) is 0 Å². The van der Waals surface area contributed by atoms with Gasteiger partial charge >= 0.3 is 5.97 Å². The molecule has 0 radical (unpaired) electrons. The van der Waals surface area contributed by atoms with E-state index < -0.39 is 5.97 Å². The molecule has 0 aliphatic heterocycles. The summed E-state index contributed by atoms with van der Waals surface area (Å²) in [4.78, 5) is 23.5. The van der Waals surface area contributed by atoms with Crippen molar-refractivity contribution in [3.63, 3.8) is 0 Å². The maximum absolute atomic E-state index is 11.4. The van der Waals surface area contributed by atoms with E-state index in [0.29, 0.717) is 27.1 Å². The predicted molar refractivity (Wildman–Crippen MR) is 85.0 cm³/mol. The van der Waals surface area contributed by atoms with Gasteiger partial charge in [-0.2, -0.15) is 0 Å². The van der Waals surface area contributed by atoms with Gasteiger partial charge in [0.2, 0.25) is 0 Å². The van der Waals surface area contributed by atoms with Crippen LogP contribution < -0.4 is 9.47 Å². The van der Waals surface area contributed by atoms with Gasteiger partial charge in [-0.3, -0.25) is 4.98 Å². The van der Waals surface area contributed by atoms with Crippen molar-refractivity contribution in [2.45, 2.75) is 0 Å². The largest absolute Gasteiger partial charge is 0.493 e.